The summed E-state index contributed by atoms with van der Waals surface area (Å²) in [4.78, 5) is 34.3. The van der Waals surface area contributed by atoms with Crippen LogP contribution in [0.1, 0.15) is 36.6 Å². The molecule has 1 saturated heterocycles. The van der Waals surface area contributed by atoms with Crippen LogP contribution in [0.25, 0.3) is 0 Å². The SMILES string of the molecule is O=C(CC1NC(=O)NC1=O)NC1CCCc2occc21. The molecule has 0 radical (unpaired) electrons. The molecule has 0 aromatic carbocycles. The zero-order valence-corrected chi connectivity index (χ0v) is 10.8. The van der Waals surface area contributed by atoms with Gasteiger partial charge >= 0.3 is 6.03 Å². The molecule has 0 saturated carbocycles. The van der Waals surface area contributed by atoms with Gasteiger partial charge in [0, 0.05) is 12.0 Å². The van der Waals surface area contributed by atoms with Crippen molar-refractivity contribution < 1.29 is 18.8 Å². The molecule has 4 amide bonds. The minimum absolute atomic E-state index is 0.0543. The molecule has 7 nitrogen and oxygen atoms in total. The Morgan fingerprint density at radius 2 is 2.30 bits per heavy atom. The first kappa shape index (κ1) is 12.7. The monoisotopic (exact) mass is 277 g/mol. The lowest BCUT2D eigenvalue weighted by atomic mass is 9.93. The van der Waals surface area contributed by atoms with Crippen molar-refractivity contribution in [2.45, 2.75) is 37.8 Å². The van der Waals surface area contributed by atoms with Crippen molar-refractivity contribution in [2.24, 2.45) is 0 Å². The molecule has 7 heteroatoms. The summed E-state index contributed by atoms with van der Waals surface area (Å²) >= 11 is 0. The number of hydrogen-bond donors (Lipinski definition) is 3. The van der Waals surface area contributed by atoms with Gasteiger partial charge in [0.15, 0.2) is 0 Å². The van der Waals surface area contributed by atoms with E-state index in [1.54, 1.807) is 6.26 Å². The van der Waals surface area contributed by atoms with Crippen molar-refractivity contribution in [3.05, 3.63) is 23.7 Å². The van der Waals surface area contributed by atoms with E-state index in [9.17, 15) is 14.4 Å². The molecule has 0 spiro atoms. The highest BCUT2D eigenvalue weighted by Crippen LogP contribution is 2.30. The second-order valence-corrected chi connectivity index (χ2v) is 5.03. The van der Waals surface area contributed by atoms with E-state index in [1.165, 1.54) is 0 Å². The van der Waals surface area contributed by atoms with E-state index in [2.05, 4.69) is 16.0 Å². The first-order valence-electron chi connectivity index (χ1n) is 6.60. The maximum Gasteiger partial charge on any atom is 0.322 e. The fourth-order valence-corrected chi connectivity index (χ4v) is 2.68. The number of fused-ring (bicyclic) bond motifs is 1. The minimum Gasteiger partial charge on any atom is -0.469 e. The second-order valence-electron chi connectivity index (χ2n) is 5.03. The van der Waals surface area contributed by atoms with Crippen LogP contribution in [0.15, 0.2) is 16.7 Å². The Labute approximate surface area is 115 Å². The molecule has 1 fully saturated rings. The summed E-state index contributed by atoms with van der Waals surface area (Å²) in [5.41, 5.74) is 1.00. The van der Waals surface area contributed by atoms with E-state index < -0.39 is 18.0 Å². The molecule has 2 heterocycles. The van der Waals surface area contributed by atoms with Gasteiger partial charge in [0.1, 0.15) is 11.8 Å². The van der Waals surface area contributed by atoms with Gasteiger partial charge in [-0.3, -0.25) is 14.9 Å². The lowest BCUT2D eigenvalue weighted by Gasteiger charge is -2.23. The van der Waals surface area contributed by atoms with Crippen molar-refractivity contribution in [1.82, 2.24) is 16.0 Å². The van der Waals surface area contributed by atoms with Crippen molar-refractivity contribution in [2.75, 3.05) is 0 Å². The Bertz CT molecular complexity index is 566. The highest BCUT2D eigenvalue weighted by Gasteiger charge is 2.32. The lowest BCUT2D eigenvalue weighted by Crippen LogP contribution is -2.38. The molecular formula is C13H15N3O4. The molecule has 1 aliphatic heterocycles. The minimum atomic E-state index is -0.782. The summed E-state index contributed by atoms with van der Waals surface area (Å²) in [5.74, 6) is 0.192. The smallest absolute Gasteiger partial charge is 0.322 e. The van der Waals surface area contributed by atoms with E-state index >= 15 is 0 Å². The van der Waals surface area contributed by atoms with Gasteiger partial charge in [0.25, 0.3) is 5.91 Å². The van der Waals surface area contributed by atoms with Crippen molar-refractivity contribution in [3.63, 3.8) is 0 Å². The van der Waals surface area contributed by atoms with E-state index in [0.29, 0.717) is 0 Å². The Morgan fingerprint density at radius 3 is 3.05 bits per heavy atom. The molecule has 20 heavy (non-hydrogen) atoms. The van der Waals surface area contributed by atoms with Gasteiger partial charge in [-0.05, 0) is 18.9 Å². The summed E-state index contributed by atoms with van der Waals surface area (Å²) in [7, 11) is 0. The molecule has 1 aromatic rings. The van der Waals surface area contributed by atoms with Crippen LogP contribution >= 0.6 is 0 Å². The number of aryl methyl sites for hydroxylation is 1. The van der Waals surface area contributed by atoms with E-state index in [0.717, 1.165) is 30.6 Å². The third kappa shape index (κ3) is 2.38. The molecular weight excluding hydrogens is 262 g/mol. The standard InChI is InChI=1S/C13H15N3O4/c17-11(6-9-12(18)16-13(19)15-9)14-8-2-1-3-10-7(8)4-5-20-10/h4-5,8-9H,1-3,6H2,(H,14,17)(H2,15,16,18,19). The number of nitrogens with one attached hydrogen (secondary N) is 3. The van der Waals surface area contributed by atoms with Crippen LogP contribution in [-0.4, -0.2) is 23.9 Å². The molecule has 3 rings (SSSR count). The number of rotatable bonds is 3. The van der Waals surface area contributed by atoms with Crippen LogP contribution in [0.4, 0.5) is 4.79 Å². The first-order valence-corrected chi connectivity index (χ1v) is 6.60. The normalized spacial score (nSPS) is 24.8. The van der Waals surface area contributed by atoms with Gasteiger partial charge in [0.05, 0.1) is 18.7 Å². The van der Waals surface area contributed by atoms with Gasteiger partial charge in [-0.1, -0.05) is 0 Å². The Morgan fingerprint density at radius 1 is 1.45 bits per heavy atom. The van der Waals surface area contributed by atoms with Gasteiger partial charge in [0.2, 0.25) is 5.91 Å². The fourth-order valence-electron chi connectivity index (χ4n) is 2.68. The van der Waals surface area contributed by atoms with E-state index in [1.807, 2.05) is 6.07 Å². The van der Waals surface area contributed by atoms with Crippen molar-refractivity contribution in [1.29, 1.82) is 0 Å². The first-order chi connectivity index (χ1) is 9.63. The van der Waals surface area contributed by atoms with E-state index in [4.69, 9.17) is 4.42 Å². The van der Waals surface area contributed by atoms with Gasteiger partial charge < -0.3 is 15.1 Å². The number of furan rings is 1. The molecule has 1 aliphatic carbocycles. The Balaban J connectivity index is 1.60. The largest absolute Gasteiger partial charge is 0.469 e. The maximum atomic E-state index is 12.0. The van der Waals surface area contributed by atoms with Crippen molar-refractivity contribution >= 4 is 17.8 Å². The average Bonchev–Trinajstić information content (AvgIpc) is 2.97. The van der Waals surface area contributed by atoms with Gasteiger partial charge in [-0.2, -0.15) is 0 Å². The molecule has 2 unspecified atom stereocenters. The number of carbonyl (C=O) groups excluding carboxylic acids is 3. The summed E-state index contributed by atoms with van der Waals surface area (Å²) in [6, 6.07) is 0.450. The number of carbonyl (C=O) groups is 3. The summed E-state index contributed by atoms with van der Waals surface area (Å²) in [6.07, 6.45) is 4.25. The average molecular weight is 277 g/mol. The Hall–Kier alpha value is -2.31. The maximum absolute atomic E-state index is 12.0. The fraction of sp³-hybridized carbons (Fsp3) is 0.462. The zero-order chi connectivity index (χ0) is 14.1. The molecule has 2 aliphatic rings. The topological polar surface area (TPSA) is 100 Å². The molecule has 106 valence electrons. The quantitative estimate of drug-likeness (QED) is 0.695. The van der Waals surface area contributed by atoms with Gasteiger partial charge in [-0.15, -0.1) is 0 Å². The summed E-state index contributed by atoms with van der Waals surface area (Å²) in [6.45, 7) is 0. The van der Waals surface area contributed by atoms with Crippen LogP contribution in [0.5, 0.6) is 0 Å². The second kappa shape index (κ2) is 4.99. The molecule has 1 aromatic heterocycles. The molecule has 2 atom stereocenters. The predicted octanol–water partition coefficient (Wildman–Crippen LogP) is 0.371. The predicted molar refractivity (Wildman–Crippen MR) is 67.6 cm³/mol. The summed E-state index contributed by atoms with van der Waals surface area (Å²) < 4.78 is 5.36. The molecule has 0 bridgehead atoms. The highest BCUT2D eigenvalue weighted by atomic mass is 16.3. The lowest BCUT2D eigenvalue weighted by molar-refractivity contribution is -0.126. The Kier molecular flexibility index (Phi) is 3.17. The molecule has 3 N–H and O–H groups in total. The number of imide groups is 1. The van der Waals surface area contributed by atoms with Crippen molar-refractivity contribution in [3.8, 4) is 0 Å². The zero-order valence-electron chi connectivity index (χ0n) is 10.8. The number of hydrogen-bond acceptors (Lipinski definition) is 4. The van der Waals surface area contributed by atoms with Crippen LogP contribution in [-0.2, 0) is 16.0 Å². The van der Waals surface area contributed by atoms with Crippen LogP contribution in [0.3, 0.4) is 0 Å². The van der Waals surface area contributed by atoms with Crippen LogP contribution < -0.4 is 16.0 Å². The van der Waals surface area contributed by atoms with Crippen LogP contribution in [0, 0.1) is 0 Å². The van der Waals surface area contributed by atoms with Gasteiger partial charge in [-0.25, -0.2) is 4.79 Å². The van der Waals surface area contributed by atoms with E-state index in [-0.39, 0.29) is 18.4 Å². The summed E-state index contributed by atoms with van der Waals surface area (Å²) in [5, 5.41) is 7.40. The number of amides is 4. The third-order valence-electron chi connectivity index (χ3n) is 3.64. The number of urea groups is 1. The highest BCUT2D eigenvalue weighted by molar-refractivity contribution is 6.05. The van der Waals surface area contributed by atoms with Crippen LogP contribution in [0.2, 0.25) is 0 Å². The third-order valence-corrected chi connectivity index (χ3v) is 3.64.